The first-order valence-corrected chi connectivity index (χ1v) is 14.2. The van der Waals surface area contributed by atoms with Gasteiger partial charge in [0.1, 0.15) is 0 Å². The molecule has 4 atom stereocenters. The van der Waals surface area contributed by atoms with E-state index in [1.54, 1.807) is 24.3 Å². The predicted molar refractivity (Wildman–Crippen MR) is 153 cm³/mol. The first-order valence-electron chi connectivity index (χ1n) is 13.3. The maximum atomic E-state index is 12.4. The lowest BCUT2D eigenvalue weighted by molar-refractivity contribution is -0.645. The van der Waals surface area contributed by atoms with Crippen molar-refractivity contribution in [3.63, 3.8) is 0 Å². The maximum absolute atomic E-state index is 12.4. The largest absolute Gasteiger partial charge is 0.618 e. The average Bonchev–Trinajstić information content (AvgIpc) is 3.01. The van der Waals surface area contributed by atoms with E-state index in [1.807, 2.05) is 72.8 Å². The normalized spacial score (nSPS) is 20.6. The number of carbonyl (C=O) groups is 1. The van der Waals surface area contributed by atoms with Gasteiger partial charge in [0, 0.05) is 41.5 Å². The lowest BCUT2D eigenvalue weighted by Crippen LogP contribution is -2.39. The number of aromatic nitrogens is 1. The summed E-state index contributed by atoms with van der Waals surface area (Å²) < 4.78 is 13.9. The molecule has 3 aromatic carbocycles. The second-order valence-electron chi connectivity index (χ2n) is 9.79. The van der Waals surface area contributed by atoms with Gasteiger partial charge in [-0.1, -0.05) is 85.4 Å². The fourth-order valence-electron chi connectivity index (χ4n) is 4.67. The highest BCUT2D eigenvalue weighted by Crippen LogP contribution is 2.42. The topological polar surface area (TPSA) is 94.7 Å². The zero-order chi connectivity index (χ0) is 27.9. The van der Waals surface area contributed by atoms with E-state index in [2.05, 4.69) is 12.2 Å². The van der Waals surface area contributed by atoms with Gasteiger partial charge >= 0.3 is 0 Å². The minimum atomic E-state index is -0.604. The SMILES string of the molecule is C[C@H]1[C@@H](CSc2cccc[n+]2[O-])O[C@@H](c2ccc(CNC(=O)c3ccccc3)cc2)O[C@H]1c1ccc(CO)cc1. The Morgan fingerprint density at radius 1 is 0.900 bits per heavy atom. The first-order chi connectivity index (χ1) is 19.5. The second kappa shape index (κ2) is 13.1. The number of amides is 1. The third-order valence-corrected chi connectivity index (χ3v) is 8.16. The summed E-state index contributed by atoms with van der Waals surface area (Å²) in [5, 5.41) is 25.2. The molecule has 5 rings (SSSR count). The van der Waals surface area contributed by atoms with Crippen molar-refractivity contribution in [2.24, 2.45) is 5.92 Å². The van der Waals surface area contributed by atoms with Crippen LogP contribution in [0.15, 0.2) is 108 Å². The van der Waals surface area contributed by atoms with E-state index in [0.29, 0.717) is 22.9 Å². The van der Waals surface area contributed by atoms with E-state index >= 15 is 0 Å². The van der Waals surface area contributed by atoms with Crippen molar-refractivity contribution >= 4 is 17.7 Å². The molecule has 0 unspecified atom stereocenters. The van der Waals surface area contributed by atoms with E-state index in [0.717, 1.165) is 27.0 Å². The van der Waals surface area contributed by atoms with Crippen molar-refractivity contribution in [2.45, 2.75) is 43.6 Å². The molecule has 7 nitrogen and oxygen atoms in total. The van der Waals surface area contributed by atoms with E-state index in [4.69, 9.17) is 9.47 Å². The van der Waals surface area contributed by atoms with Crippen LogP contribution in [0.2, 0.25) is 0 Å². The number of benzene rings is 3. The first kappa shape index (κ1) is 27.9. The highest BCUT2D eigenvalue weighted by molar-refractivity contribution is 7.99. The molecule has 1 fully saturated rings. The molecule has 206 valence electrons. The minimum Gasteiger partial charge on any atom is -0.618 e. The van der Waals surface area contributed by atoms with Crippen LogP contribution in [0.1, 0.15) is 51.9 Å². The van der Waals surface area contributed by atoms with Crippen LogP contribution in [0.25, 0.3) is 0 Å². The van der Waals surface area contributed by atoms with Crippen LogP contribution in [-0.4, -0.2) is 22.9 Å². The molecule has 8 heteroatoms. The summed E-state index contributed by atoms with van der Waals surface area (Å²) in [7, 11) is 0. The van der Waals surface area contributed by atoms with Gasteiger partial charge in [-0.15, -0.1) is 0 Å². The standard InChI is InChI=1S/C32H32N2O5S/c1-22-28(21-40-29-9-5-6-18-34(29)37)38-32(39-30(22)25-14-12-24(20-35)13-15-25)27-16-10-23(11-17-27)19-33-31(36)26-7-3-2-4-8-26/h2-18,22,28,30,32,35H,19-21H2,1H3,(H,33,36)/t22-,28+,30+,32+/m0/s1. The molecule has 1 saturated heterocycles. The summed E-state index contributed by atoms with van der Waals surface area (Å²) in [6.45, 7) is 2.49. The van der Waals surface area contributed by atoms with Crippen molar-refractivity contribution < 1.29 is 24.1 Å². The third-order valence-electron chi connectivity index (χ3n) is 7.05. The van der Waals surface area contributed by atoms with E-state index in [9.17, 15) is 15.1 Å². The van der Waals surface area contributed by atoms with Crippen LogP contribution < -0.4 is 10.0 Å². The van der Waals surface area contributed by atoms with Crippen LogP contribution >= 0.6 is 11.8 Å². The van der Waals surface area contributed by atoms with Gasteiger partial charge in [-0.2, -0.15) is 4.73 Å². The Morgan fingerprint density at radius 3 is 2.27 bits per heavy atom. The highest BCUT2D eigenvalue weighted by Gasteiger charge is 2.38. The fraction of sp³-hybridized carbons (Fsp3) is 0.250. The molecule has 0 spiro atoms. The molecule has 1 aromatic heterocycles. The minimum absolute atomic E-state index is 0.0139. The van der Waals surface area contributed by atoms with E-state index < -0.39 is 6.29 Å². The number of pyridine rings is 1. The summed E-state index contributed by atoms with van der Waals surface area (Å²) in [6.07, 6.45) is 0.468. The Labute approximate surface area is 238 Å². The molecule has 2 heterocycles. The highest BCUT2D eigenvalue weighted by atomic mass is 32.2. The van der Waals surface area contributed by atoms with Crippen LogP contribution in [0.3, 0.4) is 0 Å². The number of hydrogen-bond donors (Lipinski definition) is 2. The van der Waals surface area contributed by atoms with Crippen molar-refractivity contribution in [3.05, 3.63) is 136 Å². The summed E-state index contributed by atoms with van der Waals surface area (Å²) in [5.41, 5.74) is 4.30. The van der Waals surface area contributed by atoms with Crippen LogP contribution in [0, 0.1) is 11.1 Å². The molecule has 0 radical (unpaired) electrons. The van der Waals surface area contributed by atoms with Gasteiger partial charge in [0.15, 0.2) is 12.5 Å². The maximum Gasteiger partial charge on any atom is 0.251 e. The molecular weight excluding hydrogens is 524 g/mol. The monoisotopic (exact) mass is 556 g/mol. The van der Waals surface area contributed by atoms with Gasteiger partial charge in [-0.05, 0) is 34.9 Å². The van der Waals surface area contributed by atoms with Crippen LogP contribution in [0.4, 0.5) is 0 Å². The molecule has 2 N–H and O–H groups in total. The van der Waals surface area contributed by atoms with Crippen LogP contribution in [0.5, 0.6) is 0 Å². The Morgan fingerprint density at radius 2 is 1.57 bits per heavy atom. The second-order valence-corrected chi connectivity index (χ2v) is 10.8. The number of aliphatic hydroxyl groups excluding tert-OH is 1. The fourth-order valence-corrected chi connectivity index (χ4v) is 5.75. The zero-order valence-corrected chi connectivity index (χ0v) is 23.0. The summed E-state index contributed by atoms with van der Waals surface area (Å²) in [6, 6.07) is 30.1. The van der Waals surface area contributed by atoms with Crippen molar-refractivity contribution in [3.8, 4) is 0 Å². The number of thioether (sulfide) groups is 1. The number of carbonyl (C=O) groups excluding carboxylic acids is 1. The van der Waals surface area contributed by atoms with E-state index in [1.165, 1.54) is 18.0 Å². The van der Waals surface area contributed by atoms with Gasteiger partial charge in [0.05, 0.1) is 18.8 Å². The molecule has 1 amide bonds. The van der Waals surface area contributed by atoms with Gasteiger partial charge in [-0.3, -0.25) is 4.79 Å². The number of hydrogen-bond acceptors (Lipinski definition) is 6. The smallest absolute Gasteiger partial charge is 0.251 e. The Balaban J connectivity index is 1.31. The number of nitrogens with one attached hydrogen (secondary N) is 1. The predicted octanol–water partition coefficient (Wildman–Crippen LogP) is 5.33. The molecule has 4 aromatic rings. The third kappa shape index (κ3) is 6.71. The van der Waals surface area contributed by atoms with E-state index in [-0.39, 0.29) is 30.6 Å². The lowest BCUT2D eigenvalue weighted by atomic mass is 9.91. The molecule has 1 aliphatic heterocycles. The van der Waals surface area contributed by atoms with Crippen molar-refractivity contribution in [1.29, 1.82) is 0 Å². The van der Waals surface area contributed by atoms with Crippen molar-refractivity contribution in [2.75, 3.05) is 5.75 Å². The average molecular weight is 557 g/mol. The van der Waals surface area contributed by atoms with Gasteiger partial charge in [0.25, 0.3) is 10.9 Å². The van der Waals surface area contributed by atoms with Gasteiger partial charge < -0.3 is 25.1 Å². The number of ether oxygens (including phenoxy) is 2. The Kier molecular flexibility index (Phi) is 9.13. The molecule has 1 aliphatic rings. The summed E-state index contributed by atoms with van der Waals surface area (Å²) in [5.74, 6) is 0.480. The quantitative estimate of drug-likeness (QED) is 0.165. The molecule has 40 heavy (non-hydrogen) atoms. The van der Waals surface area contributed by atoms with Gasteiger partial charge in [0.2, 0.25) is 0 Å². The number of rotatable bonds is 9. The van der Waals surface area contributed by atoms with Gasteiger partial charge in [-0.25, -0.2) is 0 Å². The summed E-state index contributed by atoms with van der Waals surface area (Å²) in [4.78, 5) is 12.4. The lowest BCUT2D eigenvalue weighted by Gasteiger charge is -2.41. The Bertz CT molecular complexity index is 1400. The zero-order valence-electron chi connectivity index (χ0n) is 22.2. The molecule has 0 bridgehead atoms. The molecule has 0 aliphatic carbocycles. The number of aliphatic hydroxyl groups is 1. The van der Waals surface area contributed by atoms with Crippen LogP contribution in [-0.2, 0) is 22.6 Å². The number of nitrogens with zero attached hydrogens (tertiary/aromatic N) is 1. The summed E-state index contributed by atoms with van der Waals surface area (Å²) >= 11 is 1.46. The Hall–Kier alpha value is -3.69. The van der Waals surface area contributed by atoms with Crippen molar-refractivity contribution in [1.82, 2.24) is 5.32 Å². The molecule has 0 saturated carbocycles. The molecular formula is C32H32N2O5S.